The first-order valence-corrected chi connectivity index (χ1v) is 4.16. The van der Waals surface area contributed by atoms with Crippen molar-refractivity contribution < 1.29 is 17.9 Å². The average molecular weight is 203 g/mol. The summed E-state index contributed by atoms with van der Waals surface area (Å²) in [5, 5.41) is 10.2. The van der Waals surface area contributed by atoms with Crippen LogP contribution in [-0.4, -0.2) is 13.7 Å². The molecular weight excluding hydrogens is 198 g/mol. The van der Waals surface area contributed by atoms with Crippen molar-refractivity contribution in [2.24, 2.45) is 0 Å². The first kappa shape index (κ1) is 9.62. The summed E-state index contributed by atoms with van der Waals surface area (Å²) in [6, 6.07) is 4.85. The molecule has 0 aliphatic rings. The molecule has 7 heteroatoms. The molecule has 0 saturated carbocycles. The van der Waals surface area contributed by atoms with E-state index in [0.29, 0.717) is 0 Å². The van der Waals surface area contributed by atoms with Crippen LogP contribution in [0.1, 0.15) is 0 Å². The van der Waals surface area contributed by atoms with E-state index in [4.69, 9.17) is 4.55 Å². The van der Waals surface area contributed by atoms with E-state index >= 15 is 0 Å². The van der Waals surface area contributed by atoms with E-state index in [9.17, 15) is 14.3 Å². The van der Waals surface area contributed by atoms with Gasteiger partial charge in [-0.15, -0.1) is 0 Å². The maximum atomic E-state index is 10.2. The molecule has 0 aromatic heterocycles. The Morgan fingerprint density at radius 2 is 1.92 bits per heavy atom. The van der Waals surface area contributed by atoms with Crippen LogP contribution in [0.2, 0.25) is 0 Å². The van der Waals surface area contributed by atoms with Crippen LogP contribution < -0.4 is 4.18 Å². The van der Waals surface area contributed by atoms with Gasteiger partial charge in [-0.05, 0) is 12.1 Å². The topological polar surface area (TPSA) is 89.7 Å². The van der Waals surface area contributed by atoms with Crippen LogP contribution in [0.5, 0.6) is 5.75 Å². The third-order valence-corrected chi connectivity index (χ3v) is 1.55. The lowest BCUT2D eigenvalue weighted by molar-refractivity contribution is -0.384. The molecule has 0 amide bonds. The van der Waals surface area contributed by atoms with E-state index in [1.54, 1.807) is 0 Å². The zero-order chi connectivity index (χ0) is 9.84. The van der Waals surface area contributed by atoms with E-state index in [1.807, 2.05) is 0 Å². The van der Waals surface area contributed by atoms with Gasteiger partial charge in [-0.2, -0.15) is 4.21 Å². The first-order valence-electron chi connectivity index (χ1n) is 3.13. The largest absolute Gasteiger partial charge is 0.380 e. The highest BCUT2D eigenvalue weighted by atomic mass is 32.2. The number of hydrogen-bond acceptors (Lipinski definition) is 4. The van der Waals surface area contributed by atoms with Crippen LogP contribution in [0.25, 0.3) is 0 Å². The van der Waals surface area contributed by atoms with Gasteiger partial charge in [-0.1, -0.05) is 0 Å². The van der Waals surface area contributed by atoms with Gasteiger partial charge in [0, 0.05) is 12.1 Å². The van der Waals surface area contributed by atoms with Crippen LogP contribution in [0.3, 0.4) is 0 Å². The highest BCUT2D eigenvalue weighted by molar-refractivity contribution is 7.74. The fourth-order valence-electron chi connectivity index (χ4n) is 0.706. The van der Waals surface area contributed by atoms with Crippen molar-refractivity contribution in [3.8, 4) is 5.75 Å². The second kappa shape index (κ2) is 3.97. The Hall–Kier alpha value is -1.47. The molecule has 13 heavy (non-hydrogen) atoms. The minimum Gasteiger partial charge on any atom is -0.380 e. The van der Waals surface area contributed by atoms with E-state index < -0.39 is 16.3 Å². The average Bonchev–Trinajstić information content (AvgIpc) is 2.04. The molecule has 1 aromatic rings. The third kappa shape index (κ3) is 2.80. The highest BCUT2D eigenvalue weighted by Gasteiger charge is 2.05. The maximum absolute atomic E-state index is 10.2. The van der Waals surface area contributed by atoms with Crippen molar-refractivity contribution in [3.05, 3.63) is 34.4 Å². The second-order valence-corrected chi connectivity index (χ2v) is 2.65. The number of nitro groups is 1. The first-order chi connectivity index (χ1) is 6.09. The minimum atomic E-state index is -2.40. The number of non-ortho nitro benzene ring substituents is 1. The fraction of sp³-hybridized carbons (Fsp3) is 0. The smallest absolute Gasteiger partial charge is 0.357 e. The highest BCUT2D eigenvalue weighted by Crippen LogP contribution is 2.17. The Labute approximate surface area is 75.8 Å². The molecule has 1 atom stereocenters. The van der Waals surface area contributed by atoms with Gasteiger partial charge in [0.25, 0.3) is 5.69 Å². The number of nitrogens with zero attached hydrogens (tertiary/aromatic N) is 1. The van der Waals surface area contributed by atoms with Crippen molar-refractivity contribution in [3.63, 3.8) is 0 Å². The normalized spacial score (nSPS) is 12.1. The van der Waals surface area contributed by atoms with E-state index in [-0.39, 0.29) is 11.4 Å². The lowest BCUT2D eigenvalue weighted by Crippen LogP contribution is -1.97. The Bertz CT molecular complexity index is 335. The summed E-state index contributed by atoms with van der Waals surface area (Å²) in [5.74, 6) is 0.103. The minimum absolute atomic E-state index is 0.101. The van der Waals surface area contributed by atoms with Crippen LogP contribution in [-0.2, 0) is 11.4 Å². The molecule has 0 fully saturated rings. The van der Waals surface area contributed by atoms with Gasteiger partial charge < -0.3 is 4.18 Å². The molecule has 1 unspecified atom stereocenters. The standard InChI is InChI=1S/C6H5NO5S/c8-7(9)5-1-3-6(4-2-5)12-13(10)11/h1-4H,(H,10,11). The van der Waals surface area contributed by atoms with Gasteiger partial charge in [0.2, 0.25) is 0 Å². The lowest BCUT2D eigenvalue weighted by Gasteiger charge is -1.97. The summed E-state index contributed by atoms with van der Waals surface area (Å²) in [4.78, 5) is 9.62. The Morgan fingerprint density at radius 3 is 2.31 bits per heavy atom. The van der Waals surface area contributed by atoms with Crippen molar-refractivity contribution in [2.75, 3.05) is 0 Å². The van der Waals surface area contributed by atoms with Gasteiger partial charge in [0.1, 0.15) is 5.75 Å². The predicted molar refractivity (Wildman–Crippen MR) is 44.5 cm³/mol. The molecule has 1 aromatic carbocycles. The number of rotatable bonds is 3. The van der Waals surface area contributed by atoms with Crippen molar-refractivity contribution in [1.29, 1.82) is 0 Å². The molecule has 0 heterocycles. The zero-order valence-corrected chi connectivity index (χ0v) is 7.06. The summed E-state index contributed by atoms with van der Waals surface area (Å²) in [6.07, 6.45) is 0. The molecule has 0 aliphatic carbocycles. The quantitative estimate of drug-likeness (QED) is 0.451. The summed E-state index contributed by atoms with van der Waals surface area (Å²) in [5.41, 5.74) is -0.101. The summed E-state index contributed by atoms with van der Waals surface area (Å²) in [6.45, 7) is 0. The molecular formula is C6H5NO5S. The van der Waals surface area contributed by atoms with E-state index in [0.717, 1.165) is 0 Å². The molecule has 0 aliphatic heterocycles. The molecule has 0 bridgehead atoms. The maximum Gasteiger partial charge on any atom is 0.357 e. The van der Waals surface area contributed by atoms with Gasteiger partial charge in [0.05, 0.1) is 4.92 Å². The fourth-order valence-corrected chi connectivity index (χ4v) is 0.981. The second-order valence-electron chi connectivity index (χ2n) is 2.05. The van der Waals surface area contributed by atoms with Gasteiger partial charge in [-0.25, -0.2) is 0 Å². The molecule has 0 spiro atoms. The Kier molecular flexibility index (Phi) is 2.93. The van der Waals surface area contributed by atoms with Gasteiger partial charge >= 0.3 is 11.4 Å². The predicted octanol–water partition coefficient (Wildman–Crippen LogP) is 1.11. The third-order valence-electron chi connectivity index (χ3n) is 1.22. The van der Waals surface area contributed by atoms with Crippen molar-refractivity contribution in [1.82, 2.24) is 0 Å². The summed E-state index contributed by atoms with van der Waals surface area (Å²) >= 11 is -2.40. The molecule has 0 saturated heterocycles. The summed E-state index contributed by atoms with van der Waals surface area (Å²) < 4.78 is 22.8. The van der Waals surface area contributed by atoms with Gasteiger partial charge in [0.15, 0.2) is 0 Å². The zero-order valence-electron chi connectivity index (χ0n) is 6.25. The number of hydrogen-bond donors (Lipinski definition) is 1. The van der Waals surface area contributed by atoms with Crippen LogP contribution in [0.4, 0.5) is 5.69 Å². The Balaban J connectivity index is 2.81. The summed E-state index contributed by atoms with van der Waals surface area (Å²) in [7, 11) is 0. The number of benzene rings is 1. The van der Waals surface area contributed by atoms with E-state index in [1.165, 1.54) is 24.3 Å². The van der Waals surface area contributed by atoms with Crippen LogP contribution in [0, 0.1) is 10.1 Å². The molecule has 70 valence electrons. The number of nitro benzene ring substituents is 1. The van der Waals surface area contributed by atoms with Crippen molar-refractivity contribution >= 4 is 17.0 Å². The monoisotopic (exact) mass is 203 g/mol. The van der Waals surface area contributed by atoms with E-state index in [2.05, 4.69) is 4.18 Å². The lowest BCUT2D eigenvalue weighted by atomic mass is 10.3. The molecule has 6 nitrogen and oxygen atoms in total. The molecule has 0 radical (unpaired) electrons. The van der Waals surface area contributed by atoms with Gasteiger partial charge in [-0.3, -0.25) is 14.7 Å². The van der Waals surface area contributed by atoms with Crippen LogP contribution >= 0.6 is 0 Å². The van der Waals surface area contributed by atoms with Crippen LogP contribution in [0.15, 0.2) is 24.3 Å². The Morgan fingerprint density at radius 1 is 1.38 bits per heavy atom. The molecule has 1 rings (SSSR count). The SMILES string of the molecule is O=[N+]([O-])c1ccc(OS(=O)O)cc1. The molecule has 1 N–H and O–H groups in total. The van der Waals surface area contributed by atoms with Crippen molar-refractivity contribution in [2.45, 2.75) is 0 Å².